The van der Waals surface area contributed by atoms with Gasteiger partial charge in [0.2, 0.25) is 0 Å². The average molecular weight is 263 g/mol. The lowest BCUT2D eigenvalue weighted by Crippen LogP contribution is -2.33. The van der Waals surface area contributed by atoms with E-state index in [0.717, 1.165) is 44.6 Å². The Labute approximate surface area is 115 Å². The van der Waals surface area contributed by atoms with Gasteiger partial charge in [-0.25, -0.2) is 0 Å². The number of hydrogen-bond donors (Lipinski definition) is 2. The molecule has 0 bridgehead atoms. The molecule has 1 heterocycles. The van der Waals surface area contributed by atoms with Crippen LogP contribution in [0.2, 0.25) is 0 Å². The van der Waals surface area contributed by atoms with Crippen molar-refractivity contribution in [3.63, 3.8) is 0 Å². The van der Waals surface area contributed by atoms with Gasteiger partial charge in [0.15, 0.2) is 0 Å². The highest BCUT2D eigenvalue weighted by Gasteiger charge is 2.19. The molecular weight excluding hydrogens is 241 g/mol. The Morgan fingerprint density at radius 2 is 2.26 bits per heavy atom. The van der Waals surface area contributed by atoms with Crippen molar-refractivity contribution in [2.45, 2.75) is 32.4 Å². The predicted molar refractivity (Wildman–Crippen MR) is 76.2 cm³/mol. The average Bonchev–Trinajstić information content (AvgIpc) is 2.91. The Morgan fingerprint density at radius 3 is 2.89 bits per heavy atom. The van der Waals surface area contributed by atoms with Gasteiger partial charge >= 0.3 is 7.12 Å². The van der Waals surface area contributed by atoms with E-state index < -0.39 is 7.12 Å². The summed E-state index contributed by atoms with van der Waals surface area (Å²) in [6, 6.07) is 7.46. The fourth-order valence-corrected chi connectivity index (χ4v) is 2.49. The van der Waals surface area contributed by atoms with E-state index in [1.54, 1.807) is 6.07 Å². The summed E-state index contributed by atoms with van der Waals surface area (Å²) in [6.07, 6.45) is 2.66. The molecule has 1 aromatic rings. The summed E-state index contributed by atoms with van der Waals surface area (Å²) in [5, 5.41) is 18.4. The van der Waals surface area contributed by atoms with Crippen LogP contribution in [-0.2, 0) is 11.3 Å². The molecule has 1 aliphatic rings. The molecule has 19 heavy (non-hydrogen) atoms. The van der Waals surface area contributed by atoms with Crippen LogP contribution in [-0.4, -0.2) is 47.9 Å². The van der Waals surface area contributed by atoms with Crippen LogP contribution in [0, 0.1) is 0 Å². The molecule has 1 aromatic carbocycles. The number of benzene rings is 1. The Hall–Kier alpha value is -0.875. The molecule has 4 nitrogen and oxygen atoms in total. The zero-order valence-electron chi connectivity index (χ0n) is 11.5. The van der Waals surface area contributed by atoms with E-state index in [1.807, 2.05) is 18.2 Å². The van der Waals surface area contributed by atoms with Crippen molar-refractivity contribution in [2.24, 2.45) is 0 Å². The summed E-state index contributed by atoms with van der Waals surface area (Å²) < 4.78 is 5.66. The Kier molecular flexibility index (Phi) is 5.40. The molecule has 1 saturated heterocycles. The highest BCUT2D eigenvalue weighted by atomic mass is 16.5. The van der Waals surface area contributed by atoms with Gasteiger partial charge in [0, 0.05) is 19.7 Å². The van der Waals surface area contributed by atoms with Gasteiger partial charge in [0.1, 0.15) is 0 Å². The fourth-order valence-electron chi connectivity index (χ4n) is 2.49. The molecule has 2 rings (SSSR count). The van der Waals surface area contributed by atoms with Crippen molar-refractivity contribution in [2.75, 3.05) is 19.7 Å². The van der Waals surface area contributed by atoms with Crippen LogP contribution in [0.25, 0.3) is 0 Å². The topological polar surface area (TPSA) is 52.9 Å². The van der Waals surface area contributed by atoms with Crippen molar-refractivity contribution in [3.8, 4) is 0 Å². The van der Waals surface area contributed by atoms with E-state index in [1.165, 1.54) is 0 Å². The molecule has 0 saturated carbocycles. The summed E-state index contributed by atoms with van der Waals surface area (Å²) in [4.78, 5) is 2.33. The monoisotopic (exact) mass is 263 g/mol. The van der Waals surface area contributed by atoms with Gasteiger partial charge in [0.25, 0.3) is 0 Å². The van der Waals surface area contributed by atoms with E-state index in [0.29, 0.717) is 11.6 Å². The van der Waals surface area contributed by atoms with Gasteiger partial charge in [-0.1, -0.05) is 31.2 Å². The lowest BCUT2D eigenvalue weighted by atomic mass is 9.79. The van der Waals surface area contributed by atoms with Crippen molar-refractivity contribution in [1.29, 1.82) is 0 Å². The van der Waals surface area contributed by atoms with Crippen molar-refractivity contribution >= 4 is 12.6 Å². The van der Waals surface area contributed by atoms with Crippen LogP contribution in [0.15, 0.2) is 24.3 Å². The SMILES string of the molecule is CCN(Cc1cccc(B(O)O)c1)CC1CCCO1. The van der Waals surface area contributed by atoms with Gasteiger partial charge in [-0.05, 0) is 30.4 Å². The van der Waals surface area contributed by atoms with E-state index in [4.69, 9.17) is 4.74 Å². The van der Waals surface area contributed by atoms with Crippen molar-refractivity contribution in [1.82, 2.24) is 4.90 Å². The molecule has 104 valence electrons. The molecule has 2 N–H and O–H groups in total. The van der Waals surface area contributed by atoms with E-state index in [9.17, 15) is 10.0 Å². The lowest BCUT2D eigenvalue weighted by Gasteiger charge is -2.23. The molecule has 0 aromatic heterocycles. The van der Waals surface area contributed by atoms with Crippen LogP contribution < -0.4 is 5.46 Å². The molecule has 5 heteroatoms. The first-order valence-electron chi connectivity index (χ1n) is 6.98. The van der Waals surface area contributed by atoms with Crippen LogP contribution in [0.4, 0.5) is 0 Å². The summed E-state index contributed by atoms with van der Waals surface area (Å²) in [7, 11) is -1.40. The standard InChI is InChI=1S/C14H22BNO3/c1-2-16(11-14-7-4-8-19-14)10-12-5-3-6-13(9-12)15(17)18/h3,5-6,9,14,17-18H,2,4,7-8,10-11H2,1H3. The maximum absolute atomic E-state index is 9.19. The van der Waals surface area contributed by atoms with Crippen LogP contribution in [0.3, 0.4) is 0 Å². The number of likely N-dealkylation sites (N-methyl/N-ethyl adjacent to an activating group) is 1. The quantitative estimate of drug-likeness (QED) is 0.728. The van der Waals surface area contributed by atoms with E-state index >= 15 is 0 Å². The maximum atomic E-state index is 9.19. The smallest absolute Gasteiger partial charge is 0.423 e. The number of nitrogens with zero attached hydrogens (tertiary/aromatic N) is 1. The molecule has 1 aliphatic heterocycles. The summed E-state index contributed by atoms with van der Waals surface area (Å²) in [5.41, 5.74) is 1.65. The number of ether oxygens (including phenoxy) is 1. The third kappa shape index (κ3) is 4.32. The number of hydrogen-bond acceptors (Lipinski definition) is 4. The third-order valence-electron chi connectivity index (χ3n) is 3.59. The second kappa shape index (κ2) is 7.05. The van der Waals surface area contributed by atoms with Crippen molar-refractivity contribution < 1.29 is 14.8 Å². The van der Waals surface area contributed by atoms with Gasteiger partial charge in [-0.15, -0.1) is 0 Å². The minimum absolute atomic E-state index is 0.353. The fraction of sp³-hybridized carbons (Fsp3) is 0.571. The molecule has 1 unspecified atom stereocenters. The summed E-state index contributed by atoms with van der Waals surface area (Å²) in [5.74, 6) is 0. The number of rotatable bonds is 6. The molecule has 0 aliphatic carbocycles. The first-order chi connectivity index (χ1) is 9.19. The van der Waals surface area contributed by atoms with Crippen LogP contribution in [0.5, 0.6) is 0 Å². The zero-order valence-corrected chi connectivity index (χ0v) is 11.5. The molecule has 1 fully saturated rings. The lowest BCUT2D eigenvalue weighted by molar-refractivity contribution is 0.0725. The Bertz CT molecular complexity index is 394. The second-order valence-corrected chi connectivity index (χ2v) is 5.08. The largest absolute Gasteiger partial charge is 0.488 e. The first kappa shape index (κ1) is 14.5. The summed E-state index contributed by atoms with van der Waals surface area (Å²) >= 11 is 0. The van der Waals surface area contributed by atoms with Gasteiger partial charge < -0.3 is 14.8 Å². The highest BCUT2D eigenvalue weighted by molar-refractivity contribution is 6.58. The zero-order chi connectivity index (χ0) is 13.7. The van der Waals surface area contributed by atoms with Gasteiger partial charge in [0.05, 0.1) is 6.10 Å². The van der Waals surface area contributed by atoms with E-state index in [2.05, 4.69) is 11.8 Å². The highest BCUT2D eigenvalue weighted by Crippen LogP contribution is 2.14. The molecular formula is C14H22BNO3. The molecule has 0 amide bonds. The minimum atomic E-state index is -1.40. The predicted octanol–water partition coefficient (Wildman–Crippen LogP) is 0.367. The molecule has 1 atom stereocenters. The van der Waals surface area contributed by atoms with E-state index in [-0.39, 0.29) is 0 Å². The van der Waals surface area contributed by atoms with Crippen LogP contribution >= 0.6 is 0 Å². The second-order valence-electron chi connectivity index (χ2n) is 5.08. The van der Waals surface area contributed by atoms with Gasteiger partial charge in [-0.2, -0.15) is 0 Å². The third-order valence-corrected chi connectivity index (χ3v) is 3.59. The molecule has 0 spiro atoms. The summed E-state index contributed by atoms with van der Waals surface area (Å²) in [6.45, 7) is 5.75. The maximum Gasteiger partial charge on any atom is 0.488 e. The van der Waals surface area contributed by atoms with Crippen molar-refractivity contribution in [3.05, 3.63) is 29.8 Å². The molecule has 0 radical (unpaired) electrons. The normalized spacial score (nSPS) is 19.1. The minimum Gasteiger partial charge on any atom is -0.423 e. The Balaban J connectivity index is 1.95. The Morgan fingerprint density at radius 1 is 1.42 bits per heavy atom. The van der Waals surface area contributed by atoms with Gasteiger partial charge in [-0.3, -0.25) is 4.90 Å². The first-order valence-corrected chi connectivity index (χ1v) is 6.98. The van der Waals surface area contributed by atoms with Crippen LogP contribution in [0.1, 0.15) is 25.3 Å².